The molecule has 2 heterocycles. The second-order valence-corrected chi connectivity index (χ2v) is 4.11. The minimum atomic E-state index is 0.262. The van der Waals surface area contributed by atoms with E-state index in [1.807, 2.05) is 12.4 Å². The van der Waals surface area contributed by atoms with Gasteiger partial charge in [-0.1, -0.05) is 0 Å². The predicted octanol–water partition coefficient (Wildman–Crippen LogP) is 0.787. The molecule has 14 heavy (non-hydrogen) atoms. The standard InChI is InChI=1S/C11H17N3/c1-9(12)7-14-5-3-10-6-13-4-2-11(10)8-14/h2,4,6,9H,3,5,7-8,12H2,1H3/t9-/m1/s1. The second kappa shape index (κ2) is 4.07. The van der Waals surface area contributed by atoms with Crippen LogP contribution in [-0.2, 0) is 13.0 Å². The topological polar surface area (TPSA) is 42.1 Å². The molecule has 1 aromatic heterocycles. The first-order valence-electron chi connectivity index (χ1n) is 5.15. The third-order valence-corrected chi connectivity index (χ3v) is 2.64. The average Bonchev–Trinajstić information content (AvgIpc) is 2.17. The number of pyridine rings is 1. The number of hydrogen-bond acceptors (Lipinski definition) is 3. The first-order valence-corrected chi connectivity index (χ1v) is 5.15. The highest BCUT2D eigenvalue weighted by atomic mass is 15.1. The Morgan fingerprint density at radius 3 is 3.21 bits per heavy atom. The van der Waals surface area contributed by atoms with Gasteiger partial charge in [0.2, 0.25) is 0 Å². The van der Waals surface area contributed by atoms with Gasteiger partial charge in [-0.2, -0.15) is 0 Å². The van der Waals surface area contributed by atoms with Crippen molar-refractivity contribution in [1.82, 2.24) is 9.88 Å². The van der Waals surface area contributed by atoms with Crippen molar-refractivity contribution < 1.29 is 0 Å². The van der Waals surface area contributed by atoms with E-state index >= 15 is 0 Å². The van der Waals surface area contributed by atoms with E-state index in [1.54, 1.807) is 0 Å². The lowest BCUT2D eigenvalue weighted by atomic mass is 10.0. The van der Waals surface area contributed by atoms with Crippen LogP contribution >= 0.6 is 0 Å². The predicted molar refractivity (Wildman–Crippen MR) is 56.9 cm³/mol. The molecule has 0 saturated carbocycles. The molecular formula is C11H17N3. The van der Waals surface area contributed by atoms with Gasteiger partial charge in [0.25, 0.3) is 0 Å². The van der Waals surface area contributed by atoms with E-state index in [4.69, 9.17) is 5.73 Å². The molecule has 0 unspecified atom stereocenters. The van der Waals surface area contributed by atoms with Crippen molar-refractivity contribution in [1.29, 1.82) is 0 Å². The Balaban J connectivity index is 2.06. The van der Waals surface area contributed by atoms with Crippen LogP contribution in [0.2, 0.25) is 0 Å². The van der Waals surface area contributed by atoms with E-state index < -0.39 is 0 Å². The van der Waals surface area contributed by atoms with Gasteiger partial charge in [-0.3, -0.25) is 9.88 Å². The third kappa shape index (κ3) is 2.11. The summed E-state index contributed by atoms with van der Waals surface area (Å²) >= 11 is 0. The highest BCUT2D eigenvalue weighted by Crippen LogP contribution is 2.16. The van der Waals surface area contributed by atoms with Crippen LogP contribution in [0.5, 0.6) is 0 Å². The van der Waals surface area contributed by atoms with Crippen LogP contribution in [0.1, 0.15) is 18.1 Å². The van der Waals surface area contributed by atoms with Gasteiger partial charge in [0, 0.05) is 38.1 Å². The van der Waals surface area contributed by atoms with Gasteiger partial charge < -0.3 is 5.73 Å². The molecule has 3 heteroatoms. The Morgan fingerprint density at radius 2 is 2.43 bits per heavy atom. The first kappa shape index (κ1) is 9.62. The molecule has 0 spiro atoms. The van der Waals surface area contributed by atoms with Crippen molar-refractivity contribution >= 4 is 0 Å². The highest BCUT2D eigenvalue weighted by Gasteiger charge is 2.16. The monoisotopic (exact) mass is 191 g/mol. The number of aromatic nitrogens is 1. The van der Waals surface area contributed by atoms with Crippen molar-refractivity contribution in [2.24, 2.45) is 5.73 Å². The molecule has 0 radical (unpaired) electrons. The summed E-state index contributed by atoms with van der Waals surface area (Å²) in [4.78, 5) is 6.55. The maximum atomic E-state index is 5.79. The van der Waals surface area contributed by atoms with Crippen molar-refractivity contribution in [3.05, 3.63) is 29.6 Å². The van der Waals surface area contributed by atoms with E-state index in [9.17, 15) is 0 Å². The molecule has 3 nitrogen and oxygen atoms in total. The average molecular weight is 191 g/mol. The van der Waals surface area contributed by atoms with Crippen LogP contribution in [0, 0.1) is 0 Å². The van der Waals surface area contributed by atoms with Gasteiger partial charge in [0.15, 0.2) is 0 Å². The van der Waals surface area contributed by atoms with E-state index in [0.29, 0.717) is 0 Å². The molecule has 0 saturated heterocycles. The number of fused-ring (bicyclic) bond motifs is 1. The Labute approximate surface area is 84.9 Å². The summed E-state index contributed by atoms with van der Waals surface area (Å²) in [6.45, 7) is 5.18. The molecular weight excluding hydrogens is 174 g/mol. The lowest BCUT2D eigenvalue weighted by Gasteiger charge is -2.29. The van der Waals surface area contributed by atoms with E-state index in [0.717, 1.165) is 26.1 Å². The van der Waals surface area contributed by atoms with E-state index in [2.05, 4.69) is 22.9 Å². The van der Waals surface area contributed by atoms with Gasteiger partial charge in [-0.25, -0.2) is 0 Å². The van der Waals surface area contributed by atoms with Crippen LogP contribution in [-0.4, -0.2) is 29.0 Å². The van der Waals surface area contributed by atoms with Crippen LogP contribution in [0.15, 0.2) is 18.5 Å². The summed E-state index contributed by atoms with van der Waals surface area (Å²) in [5.74, 6) is 0. The fourth-order valence-electron chi connectivity index (χ4n) is 2.00. The Morgan fingerprint density at radius 1 is 1.57 bits per heavy atom. The first-order chi connectivity index (χ1) is 6.75. The van der Waals surface area contributed by atoms with Crippen molar-refractivity contribution in [3.63, 3.8) is 0 Å². The van der Waals surface area contributed by atoms with Crippen LogP contribution in [0.4, 0.5) is 0 Å². The summed E-state index contributed by atoms with van der Waals surface area (Å²) in [5.41, 5.74) is 8.60. The molecule has 0 aliphatic carbocycles. The van der Waals surface area contributed by atoms with Gasteiger partial charge in [0.05, 0.1) is 0 Å². The molecule has 1 atom stereocenters. The van der Waals surface area contributed by atoms with E-state index in [-0.39, 0.29) is 6.04 Å². The van der Waals surface area contributed by atoms with Crippen molar-refractivity contribution in [2.45, 2.75) is 25.9 Å². The fraction of sp³-hybridized carbons (Fsp3) is 0.545. The van der Waals surface area contributed by atoms with Crippen LogP contribution in [0.3, 0.4) is 0 Å². The zero-order chi connectivity index (χ0) is 9.97. The summed E-state index contributed by atoms with van der Waals surface area (Å²) < 4.78 is 0. The summed E-state index contributed by atoms with van der Waals surface area (Å²) in [6.07, 6.45) is 4.96. The second-order valence-electron chi connectivity index (χ2n) is 4.11. The maximum Gasteiger partial charge on any atom is 0.0303 e. The summed E-state index contributed by atoms with van der Waals surface area (Å²) in [6, 6.07) is 2.38. The molecule has 0 amide bonds. The van der Waals surface area contributed by atoms with Gasteiger partial charge in [-0.05, 0) is 30.5 Å². The SMILES string of the molecule is C[C@@H](N)CN1CCc2cnccc2C1. The molecule has 2 rings (SSSR count). The number of rotatable bonds is 2. The zero-order valence-electron chi connectivity index (χ0n) is 8.61. The summed E-state index contributed by atoms with van der Waals surface area (Å²) in [7, 11) is 0. The lowest BCUT2D eigenvalue weighted by Crippen LogP contribution is -2.38. The highest BCUT2D eigenvalue weighted by molar-refractivity contribution is 5.25. The Bertz CT molecular complexity index is 309. The van der Waals surface area contributed by atoms with Gasteiger partial charge >= 0.3 is 0 Å². The molecule has 1 aliphatic heterocycles. The molecule has 0 bridgehead atoms. The van der Waals surface area contributed by atoms with Crippen LogP contribution in [0.25, 0.3) is 0 Å². The quantitative estimate of drug-likeness (QED) is 0.751. The molecule has 2 N–H and O–H groups in total. The third-order valence-electron chi connectivity index (χ3n) is 2.64. The normalized spacial score (nSPS) is 19.0. The van der Waals surface area contributed by atoms with Crippen molar-refractivity contribution in [2.75, 3.05) is 13.1 Å². The Kier molecular flexibility index (Phi) is 2.79. The lowest BCUT2D eigenvalue weighted by molar-refractivity contribution is 0.242. The minimum Gasteiger partial charge on any atom is -0.327 e. The van der Waals surface area contributed by atoms with Crippen LogP contribution < -0.4 is 5.73 Å². The van der Waals surface area contributed by atoms with Gasteiger partial charge in [0.1, 0.15) is 0 Å². The largest absolute Gasteiger partial charge is 0.327 e. The Hall–Kier alpha value is -0.930. The number of nitrogens with zero attached hydrogens (tertiary/aromatic N) is 2. The zero-order valence-corrected chi connectivity index (χ0v) is 8.61. The molecule has 0 aromatic carbocycles. The minimum absolute atomic E-state index is 0.262. The number of nitrogens with two attached hydrogens (primary N) is 1. The number of hydrogen-bond donors (Lipinski definition) is 1. The molecule has 1 aliphatic rings. The smallest absolute Gasteiger partial charge is 0.0303 e. The van der Waals surface area contributed by atoms with Crippen molar-refractivity contribution in [3.8, 4) is 0 Å². The van der Waals surface area contributed by atoms with Gasteiger partial charge in [-0.15, -0.1) is 0 Å². The molecule has 0 fully saturated rings. The summed E-state index contributed by atoms with van der Waals surface area (Å²) in [5, 5.41) is 0. The van der Waals surface area contributed by atoms with E-state index in [1.165, 1.54) is 11.1 Å². The molecule has 1 aromatic rings. The molecule has 76 valence electrons. The fourth-order valence-corrected chi connectivity index (χ4v) is 2.00. The maximum absolute atomic E-state index is 5.79.